The monoisotopic (exact) mass is 221 g/mol. The highest BCUT2D eigenvalue weighted by atomic mass is 16.5. The number of hydrazone groups is 1. The van der Waals surface area contributed by atoms with E-state index in [1.807, 2.05) is 24.3 Å². The number of methoxy groups -OCH3 is 1. The Morgan fingerprint density at radius 2 is 2.12 bits per heavy atom. The Morgan fingerprint density at radius 3 is 2.69 bits per heavy atom. The number of benzene rings is 1. The van der Waals surface area contributed by atoms with Crippen LogP contribution >= 0.6 is 0 Å². The first kappa shape index (κ1) is 12.0. The Morgan fingerprint density at radius 1 is 1.44 bits per heavy atom. The Hall–Kier alpha value is -2.04. The van der Waals surface area contributed by atoms with E-state index in [1.165, 1.54) is 6.92 Å². The molecule has 0 saturated carbocycles. The van der Waals surface area contributed by atoms with Crippen molar-refractivity contribution in [1.29, 1.82) is 0 Å². The molecule has 0 heterocycles. The number of nitrogens with one attached hydrogen (secondary N) is 2. The predicted octanol–water partition coefficient (Wildman–Crippen LogP) is 1.23. The van der Waals surface area contributed by atoms with E-state index >= 15 is 0 Å². The number of carbonyl (C=O) groups is 1. The van der Waals surface area contributed by atoms with Gasteiger partial charge in [0, 0.05) is 13.1 Å². The molecule has 0 spiro atoms. The summed E-state index contributed by atoms with van der Waals surface area (Å²) in [6.07, 6.45) is 1.59. The van der Waals surface area contributed by atoms with E-state index in [0.717, 1.165) is 11.4 Å². The van der Waals surface area contributed by atoms with E-state index in [1.54, 1.807) is 13.3 Å². The Balaban J connectivity index is 2.33. The van der Waals surface area contributed by atoms with Gasteiger partial charge in [-0.3, -0.25) is 10.2 Å². The molecular formula is C11H15N3O2. The molecule has 0 aliphatic rings. The maximum absolute atomic E-state index is 10.5. The summed E-state index contributed by atoms with van der Waals surface area (Å²) in [6.45, 7) is 1.88. The fourth-order valence-corrected chi connectivity index (χ4v) is 1.02. The second kappa shape index (κ2) is 6.44. The quantitative estimate of drug-likeness (QED) is 0.580. The molecule has 0 aliphatic carbocycles. The summed E-state index contributed by atoms with van der Waals surface area (Å²) in [5.74, 6) is 0.726. The third-order valence-corrected chi connectivity index (χ3v) is 1.82. The lowest BCUT2D eigenvalue weighted by Crippen LogP contribution is -2.21. The number of anilines is 1. The van der Waals surface area contributed by atoms with Gasteiger partial charge in [0.05, 0.1) is 19.3 Å². The average Bonchev–Trinajstić information content (AvgIpc) is 2.29. The number of rotatable bonds is 5. The fourth-order valence-electron chi connectivity index (χ4n) is 1.02. The van der Waals surface area contributed by atoms with E-state index in [9.17, 15) is 4.79 Å². The lowest BCUT2D eigenvalue weighted by molar-refractivity contribution is -0.118. The summed E-state index contributed by atoms with van der Waals surface area (Å²) in [5.41, 5.74) is 3.69. The minimum absolute atomic E-state index is 0.0732. The van der Waals surface area contributed by atoms with Crippen LogP contribution < -0.4 is 15.5 Å². The van der Waals surface area contributed by atoms with Crippen molar-refractivity contribution in [3.05, 3.63) is 24.3 Å². The van der Waals surface area contributed by atoms with Crippen molar-refractivity contribution in [1.82, 2.24) is 5.32 Å². The number of amides is 1. The normalized spacial score (nSPS) is 10.1. The summed E-state index contributed by atoms with van der Waals surface area (Å²) in [4.78, 5) is 10.5. The molecule has 1 rings (SSSR count). The van der Waals surface area contributed by atoms with E-state index in [2.05, 4.69) is 15.8 Å². The molecule has 0 atom stereocenters. The SMILES string of the molecule is COc1ccc(N/N=C/CNC(C)=O)cc1. The number of nitrogens with zero attached hydrogens (tertiary/aromatic N) is 1. The van der Waals surface area contributed by atoms with Crippen molar-refractivity contribution >= 4 is 17.8 Å². The Labute approximate surface area is 94.5 Å². The molecule has 0 fully saturated rings. The molecule has 0 aliphatic heterocycles. The summed E-state index contributed by atoms with van der Waals surface area (Å²) in [7, 11) is 1.62. The highest BCUT2D eigenvalue weighted by Gasteiger charge is 1.91. The Kier molecular flexibility index (Phi) is 4.85. The predicted molar refractivity (Wildman–Crippen MR) is 63.8 cm³/mol. The van der Waals surface area contributed by atoms with Crippen molar-refractivity contribution in [3.63, 3.8) is 0 Å². The van der Waals surface area contributed by atoms with Crippen LogP contribution in [0.2, 0.25) is 0 Å². The fraction of sp³-hybridized carbons (Fsp3) is 0.273. The molecule has 86 valence electrons. The van der Waals surface area contributed by atoms with E-state index in [-0.39, 0.29) is 5.91 Å². The molecule has 16 heavy (non-hydrogen) atoms. The second-order valence-corrected chi connectivity index (χ2v) is 3.09. The number of carbonyl (C=O) groups excluding carboxylic acids is 1. The molecule has 0 aromatic heterocycles. The minimum Gasteiger partial charge on any atom is -0.497 e. The van der Waals surface area contributed by atoms with Crippen molar-refractivity contribution in [2.24, 2.45) is 5.10 Å². The van der Waals surface area contributed by atoms with Gasteiger partial charge in [-0.25, -0.2) is 0 Å². The molecule has 1 aromatic carbocycles. The van der Waals surface area contributed by atoms with E-state index < -0.39 is 0 Å². The zero-order valence-electron chi connectivity index (χ0n) is 9.36. The minimum atomic E-state index is -0.0732. The van der Waals surface area contributed by atoms with Gasteiger partial charge >= 0.3 is 0 Å². The van der Waals surface area contributed by atoms with Crippen molar-refractivity contribution in [3.8, 4) is 5.75 Å². The zero-order chi connectivity index (χ0) is 11.8. The van der Waals surface area contributed by atoms with E-state index in [0.29, 0.717) is 6.54 Å². The Bertz CT molecular complexity index is 360. The van der Waals surface area contributed by atoms with E-state index in [4.69, 9.17) is 4.74 Å². The summed E-state index contributed by atoms with van der Waals surface area (Å²) in [6, 6.07) is 7.39. The number of ether oxygens (including phenoxy) is 1. The molecule has 1 amide bonds. The molecule has 5 heteroatoms. The first-order chi connectivity index (χ1) is 7.72. The molecule has 0 unspecified atom stereocenters. The van der Waals surface area contributed by atoms with Gasteiger partial charge < -0.3 is 10.1 Å². The third-order valence-electron chi connectivity index (χ3n) is 1.82. The third kappa shape index (κ3) is 4.45. The van der Waals surface area contributed by atoms with Crippen LogP contribution in [0.25, 0.3) is 0 Å². The largest absolute Gasteiger partial charge is 0.497 e. The molecule has 1 aromatic rings. The van der Waals surface area contributed by atoms with Gasteiger partial charge in [0.25, 0.3) is 0 Å². The lowest BCUT2D eigenvalue weighted by Gasteiger charge is -2.02. The topological polar surface area (TPSA) is 62.7 Å². The second-order valence-electron chi connectivity index (χ2n) is 3.09. The van der Waals surface area contributed by atoms with Gasteiger partial charge in [0.15, 0.2) is 0 Å². The van der Waals surface area contributed by atoms with Gasteiger partial charge in [-0.2, -0.15) is 5.10 Å². The molecule has 0 saturated heterocycles. The highest BCUT2D eigenvalue weighted by molar-refractivity contribution is 5.76. The number of hydrogen-bond donors (Lipinski definition) is 2. The van der Waals surface area contributed by atoms with Gasteiger partial charge in [-0.15, -0.1) is 0 Å². The zero-order valence-corrected chi connectivity index (χ0v) is 9.36. The first-order valence-corrected chi connectivity index (χ1v) is 4.88. The van der Waals surface area contributed by atoms with Gasteiger partial charge in [-0.05, 0) is 24.3 Å². The molecule has 0 bridgehead atoms. The molecule has 0 radical (unpaired) electrons. The first-order valence-electron chi connectivity index (χ1n) is 4.88. The van der Waals surface area contributed by atoms with Crippen LogP contribution in [0.3, 0.4) is 0 Å². The summed E-state index contributed by atoms with van der Waals surface area (Å²) in [5, 5.41) is 6.54. The lowest BCUT2D eigenvalue weighted by atomic mass is 10.3. The van der Waals surface area contributed by atoms with Crippen LogP contribution in [-0.4, -0.2) is 25.8 Å². The van der Waals surface area contributed by atoms with Crippen LogP contribution in [-0.2, 0) is 4.79 Å². The summed E-state index contributed by atoms with van der Waals surface area (Å²) >= 11 is 0. The molecule has 5 nitrogen and oxygen atoms in total. The van der Waals surface area contributed by atoms with Crippen molar-refractivity contribution in [2.75, 3.05) is 19.1 Å². The van der Waals surface area contributed by atoms with Crippen LogP contribution in [0.1, 0.15) is 6.92 Å². The maximum atomic E-state index is 10.5. The van der Waals surface area contributed by atoms with Gasteiger partial charge in [0.2, 0.25) is 5.91 Å². The van der Waals surface area contributed by atoms with Crippen LogP contribution in [0.5, 0.6) is 5.75 Å². The number of hydrogen-bond acceptors (Lipinski definition) is 4. The maximum Gasteiger partial charge on any atom is 0.217 e. The average molecular weight is 221 g/mol. The van der Waals surface area contributed by atoms with Crippen LogP contribution in [0.4, 0.5) is 5.69 Å². The van der Waals surface area contributed by atoms with Crippen molar-refractivity contribution < 1.29 is 9.53 Å². The van der Waals surface area contributed by atoms with Gasteiger partial charge in [0.1, 0.15) is 5.75 Å². The smallest absolute Gasteiger partial charge is 0.217 e. The van der Waals surface area contributed by atoms with Gasteiger partial charge in [-0.1, -0.05) is 0 Å². The molecular weight excluding hydrogens is 206 g/mol. The summed E-state index contributed by atoms with van der Waals surface area (Å²) < 4.78 is 5.02. The highest BCUT2D eigenvalue weighted by Crippen LogP contribution is 2.14. The molecule has 2 N–H and O–H groups in total. The van der Waals surface area contributed by atoms with Crippen LogP contribution in [0.15, 0.2) is 29.4 Å². The standard InChI is InChI=1S/C11H15N3O2/c1-9(15)12-7-8-13-14-10-3-5-11(16-2)6-4-10/h3-6,8,14H,7H2,1-2H3,(H,12,15)/b13-8+. The van der Waals surface area contributed by atoms with Crippen molar-refractivity contribution in [2.45, 2.75) is 6.92 Å². The van der Waals surface area contributed by atoms with Crippen LogP contribution in [0, 0.1) is 0 Å².